The van der Waals surface area contributed by atoms with Gasteiger partial charge in [-0.2, -0.15) is 5.10 Å². The number of nitrogens with zero attached hydrogens (tertiary/aromatic N) is 2. The summed E-state index contributed by atoms with van der Waals surface area (Å²) < 4.78 is 1.93. The van der Waals surface area contributed by atoms with Crippen molar-refractivity contribution >= 4 is 0 Å². The second-order valence-corrected chi connectivity index (χ2v) is 4.64. The fraction of sp³-hybridized carbons (Fsp3) is 0.357. The first kappa shape index (κ1) is 10.5. The number of rotatable bonds is 4. The summed E-state index contributed by atoms with van der Waals surface area (Å²) in [4.78, 5) is 0. The van der Waals surface area contributed by atoms with Crippen molar-refractivity contribution < 1.29 is 0 Å². The molecule has 0 amide bonds. The van der Waals surface area contributed by atoms with Gasteiger partial charge < -0.3 is 5.32 Å². The molecule has 1 aromatic heterocycles. The lowest BCUT2D eigenvalue weighted by molar-refractivity contribution is 0.338. The molecule has 3 rings (SSSR count). The summed E-state index contributed by atoms with van der Waals surface area (Å²) in [6.07, 6.45) is 8.07. The second-order valence-electron chi connectivity index (χ2n) is 4.64. The molecule has 0 atom stereocenters. The van der Waals surface area contributed by atoms with Crippen molar-refractivity contribution in [3.05, 3.63) is 48.3 Å². The Bertz CT molecular complexity index is 471. The Balaban J connectivity index is 1.65. The molecule has 0 unspecified atom stereocenters. The largest absolute Gasteiger partial charge is 0.310 e. The van der Waals surface area contributed by atoms with Crippen molar-refractivity contribution in [1.82, 2.24) is 15.1 Å². The summed E-state index contributed by atoms with van der Waals surface area (Å²) in [5.74, 6) is 0. The summed E-state index contributed by atoms with van der Waals surface area (Å²) >= 11 is 0. The fourth-order valence-electron chi connectivity index (χ4n) is 2.05. The van der Waals surface area contributed by atoms with Gasteiger partial charge in [-0.15, -0.1) is 0 Å². The molecule has 88 valence electrons. The summed E-state index contributed by atoms with van der Waals surface area (Å²) in [5, 5.41) is 7.93. The highest BCUT2D eigenvalue weighted by Gasteiger charge is 2.16. The van der Waals surface area contributed by atoms with Crippen LogP contribution < -0.4 is 5.32 Å². The lowest BCUT2D eigenvalue weighted by Crippen LogP contribution is -2.34. The minimum Gasteiger partial charge on any atom is -0.310 e. The Labute approximate surface area is 101 Å². The van der Waals surface area contributed by atoms with Crippen LogP contribution in [0.1, 0.15) is 24.8 Å². The van der Waals surface area contributed by atoms with Gasteiger partial charge in [0.2, 0.25) is 0 Å². The third kappa shape index (κ3) is 2.39. The maximum Gasteiger partial charge on any atom is 0.0645 e. The standard InChI is InChI=1S/C14H17N3/c1-2-7-14(8-3-1)17-11-12(10-16-17)9-15-13-5-4-6-13/h1-3,7-8,10-11,13,15H,4-6,9H2. The molecule has 1 aliphatic carbocycles. The lowest BCUT2D eigenvalue weighted by Gasteiger charge is -2.26. The minimum atomic E-state index is 0.732. The summed E-state index contributed by atoms with van der Waals surface area (Å²) in [6.45, 7) is 0.928. The van der Waals surface area contributed by atoms with E-state index in [4.69, 9.17) is 0 Å². The summed E-state index contributed by atoms with van der Waals surface area (Å²) in [5.41, 5.74) is 2.36. The van der Waals surface area contributed by atoms with Gasteiger partial charge in [-0.1, -0.05) is 24.6 Å². The zero-order chi connectivity index (χ0) is 11.5. The molecule has 1 aliphatic rings. The molecule has 0 bridgehead atoms. The number of benzene rings is 1. The molecule has 0 aliphatic heterocycles. The van der Waals surface area contributed by atoms with E-state index in [1.54, 1.807) is 0 Å². The van der Waals surface area contributed by atoms with Gasteiger partial charge in [0.25, 0.3) is 0 Å². The van der Waals surface area contributed by atoms with Crippen molar-refractivity contribution in [3.63, 3.8) is 0 Å². The van der Waals surface area contributed by atoms with Gasteiger partial charge in [0.15, 0.2) is 0 Å². The second kappa shape index (κ2) is 4.72. The average molecular weight is 227 g/mol. The number of hydrogen-bond acceptors (Lipinski definition) is 2. The van der Waals surface area contributed by atoms with Gasteiger partial charge in [0.05, 0.1) is 11.9 Å². The topological polar surface area (TPSA) is 29.9 Å². The van der Waals surface area contributed by atoms with Gasteiger partial charge in [-0.3, -0.25) is 0 Å². The fourth-order valence-corrected chi connectivity index (χ4v) is 2.05. The van der Waals surface area contributed by atoms with Crippen molar-refractivity contribution in [2.45, 2.75) is 31.8 Å². The predicted octanol–water partition coefficient (Wildman–Crippen LogP) is 2.51. The van der Waals surface area contributed by atoms with Crippen LogP contribution in [0, 0.1) is 0 Å². The zero-order valence-corrected chi connectivity index (χ0v) is 9.84. The van der Waals surface area contributed by atoms with Crippen LogP contribution in [0.4, 0.5) is 0 Å². The molecule has 3 nitrogen and oxygen atoms in total. The third-order valence-corrected chi connectivity index (χ3v) is 3.36. The van der Waals surface area contributed by atoms with Crippen molar-refractivity contribution in [2.75, 3.05) is 0 Å². The molecule has 1 saturated carbocycles. The lowest BCUT2D eigenvalue weighted by atomic mass is 9.93. The van der Waals surface area contributed by atoms with Crippen LogP contribution in [-0.4, -0.2) is 15.8 Å². The molecular weight excluding hydrogens is 210 g/mol. The average Bonchev–Trinajstić information content (AvgIpc) is 2.77. The molecule has 1 heterocycles. The van der Waals surface area contributed by atoms with E-state index < -0.39 is 0 Å². The molecule has 1 N–H and O–H groups in total. The van der Waals surface area contributed by atoms with Crippen molar-refractivity contribution in [2.24, 2.45) is 0 Å². The molecule has 2 aromatic rings. The summed E-state index contributed by atoms with van der Waals surface area (Å²) in [7, 11) is 0. The quantitative estimate of drug-likeness (QED) is 0.869. The monoisotopic (exact) mass is 227 g/mol. The maximum absolute atomic E-state index is 4.38. The van der Waals surface area contributed by atoms with E-state index in [1.165, 1.54) is 24.8 Å². The number of para-hydroxylation sites is 1. The van der Waals surface area contributed by atoms with Crippen LogP contribution in [0.15, 0.2) is 42.7 Å². The number of aromatic nitrogens is 2. The van der Waals surface area contributed by atoms with Gasteiger partial charge in [-0.05, 0) is 25.0 Å². The van der Waals surface area contributed by atoms with E-state index in [9.17, 15) is 0 Å². The zero-order valence-electron chi connectivity index (χ0n) is 9.84. The van der Waals surface area contributed by atoms with E-state index in [0.717, 1.165) is 18.3 Å². The Morgan fingerprint density at radius 2 is 2.06 bits per heavy atom. The van der Waals surface area contributed by atoms with Crippen LogP contribution >= 0.6 is 0 Å². The van der Waals surface area contributed by atoms with Crippen LogP contribution in [-0.2, 0) is 6.54 Å². The third-order valence-electron chi connectivity index (χ3n) is 3.36. The van der Waals surface area contributed by atoms with E-state index in [-0.39, 0.29) is 0 Å². The van der Waals surface area contributed by atoms with Crippen LogP contribution in [0.5, 0.6) is 0 Å². The Morgan fingerprint density at radius 3 is 2.76 bits per heavy atom. The molecule has 3 heteroatoms. The van der Waals surface area contributed by atoms with Gasteiger partial charge in [0.1, 0.15) is 0 Å². The highest BCUT2D eigenvalue weighted by molar-refractivity contribution is 5.30. The molecular formula is C14H17N3. The van der Waals surface area contributed by atoms with E-state index in [0.29, 0.717) is 0 Å². The van der Waals surface area contributed by atoms with Gasteiger partial charge in [-0.25, -0.2) is 4.68 Å². The first-order valence-corrected chi connectivity index (χ1v) is 6.24. The number of hydrogen-bond donors (Lipinski definition) is 1. The van der Waals surface area contributed by atoms with E-state index >= 15 is 0 Å². The molecule has 17 heavy (non-hydrogen) atoms. The first-order valence-electron chi connectivity index (χ1n) is 6.24. The highest BCUT2D eigenvalue weighted by atomic mass is 15.3. The van der Waals surface area contributed by atoms with Crippen LogP contribution in [0.2, 0.25) is 0 Å². The van der Waals surface area contributed by atoms with Crippen LogP contribution in [0.25, 0.3) is 5.69 Å². The van der Waals surface area contributed by atoms with Crippen LogP contribution in [0.3, 0.4) is 0 Å². The smallest absolute Gasteiger partial charge is 0.0645 e. The summed E-state index contributed by atoms with van der Waals surface area (Å²) in [6, 6.07) is 10.9. The Kier molecular flexibility index (Phi) is 2.92. The van der Waals surface area contributed by atoms with E-state index in [1.807, 2.05) is 29.1 Å². The van der Waals surface area contributed by atoms with Crippen molar-refractivity contribution in [3.8, 4) is 5.69 Å². The first-order chi connectivity index (χ1) is 8.42. The van der Waals surface area contributed by atoms with Gasteiger partial charge >= 0.3 is 0 Å². The molecule has 0 spiro atoms. The Morgan fingerprint density at radius 1 is 1.24 bits per heavy atom. The molecule has 1 aromatic carbocycles. The predicted molar refractivity (Wildman–Crippen MR) is 68.0 cm³/mol. The number of nitrogens with one attached hydrogen (secondary N) is 1. The Hall–Kier alpha value is -1.61. The molecule has 0 saturated heterocycles. The normalized spacial score (nSPS) is 15.8. The minimum absolute atomic E-state index is 0.732. The van der Waals surface area contributed by atoms with Gasteiger partial charge in [0, 0.05) is 24.3 Å². The maximum atomic E-state index is 4.38. The van der Waals surface area contributed by atoms with Crippen molar-refractivity contribution in [1.29, 1.82) is 0 Å². The highest BCUT2D eigenvalue weighted by Crippen LogP contribution is 2.18. The SMILES string of the molecule is c1ccc(-n2cc(CNC3CCC3)cn2)cc1. The van der Waals surface area contributed by atoms with E-state index in [2.05, 4.69) is 28.7 Å². The molecule has 0 radical (unpaired) electrons. The molecule has 1 fully saturated rings.